The second kappa shape index (κ2) is 6.82. The first-order valence-corrected chi connectivity index (χ1v) is 9.73. The number of nitrogens with one attached hydrogen (secondary N) is 1. The topological polar surface area (TPSA) is 92.5 Å². The van der Waals surface area contributed by atoms with Crippen molar-refractivity contribution in [3.63, 3.8) is 0 Å². The number of hydrogen-bond acceptors (Lipinski definition) is 4. The van der Waals surface area contributed by atoms with Crippen molar-refractivity contribution in [2.24, 2.45) is 17.6 Å². The van der Waals surface area contributed by atoms with Crippen molar-refractivity contribution >= 4 is 15.9 Å². The largest absolute Gasteiger partial charge is 0.405 e. The Bertz CT molecular complexity index is 797. The summed E-state index contributed by atoms with van der Waals surface area (Å²) in [6.45, 7) is -0.764. The Labute approximate surface area is 149 Å². The standard InChI is InChI=1S/C16H20F3N3O3S/c17-16(18,19)9-21-15(23)10-2-1-3-12(6-10)26(24,25)22-7-11-4-5-14(20)13(11)8-22/h1-3,6,11,13-14H,4-5,7-9,20H2,(H,21,23). The summed E-state index contributed by atoms with van der Waals surface area (Å²) in [6, 6.07) is 5.05. The highest BCUT2D eigenvalue weighted by molar-refractivity contribution is 7.89. The van der Waals surface area contributed by atoms with Crippen LogP contribution in [0.15, 0.2) is 29.2 Å². The molecule has 0 bridgehead atoms. The molecule has 3 atom stereocenters. The van der Waals surface area contributed by atoms with Gasteiger partial charge in [0.1, 0.15) is 6.54 Å². The first kappa shape index (κ1) is 19.1. The van der Waals surface area contributed by atoms with Crippen LogP contribution in [0.25, 0.3) is 0 Å². The molecule has 2 fully saturated rings. The van der Waals surface area contributed by atoms with Crippen molar-refractivity contribution in [2.75, 3.05) is 19.6 Å². The van der Waals surface area contributed by atoms with Gasteiger partial charge < -0.3 is 11.1 Å². The highest BCUT2D eigenvalue weighted by Gasteiger charge is 2.45. The Morgan fingerprint density at radius 3 is 2.65 bits per heavy atom. The number of sulfonamides is 1. The van der Waals surface area contributed by atoms with Crippen molar-refractivity contribution in [1.29, 1.82) is 0 Å². The molecule has 0 aromatic heterocycles. The van der Waals surface area contributed by atoms with Gasteiger partial charge >= 0.3 is 6.18 Å². The van der Waals surface area contributed by atoms with E-state index in [-0.39, 0.29) is 28.3 Å². The molecule has 0 spiro atoms. The molecule has 3 rings (SSSR count). The van der Waals surface area contributed by atoms with Gasteiger partial charge in [0, 0.05) is 24.7 Å². The minimum absolute atomic E-state index is 0.0142. The van der Waals surface area contributed by atoms with Crippen LogP contribution >= 0.6 is 0 Å². The van der Waals surface area contributed by atoms with Gasteiger partial charge in [-0.25, -0.2) is 8.42 Å². The molecule has 0 radical (unpaired) electrons. The summed E-state index contributed by atoms with van der Waals surface area (Å²) < 4.78 is 63.7. The van der Waals surface area contributed by atoms with Gasteiger partial charge in [-0.3, -0.25) is 4.79 Å². The number of hydrogen-bond donors (Lipinski definition) is 2. The average Bonchev–Trinajstić information content (AvgIpc) is 3.15. The summed E-state index contributed by atoms with van der Waals surface area (Å²) in [6.07, 6.45) is -2.76. The van der Waals surface area contributed by atoms with E-state index in [4.69, 9.17) is 5.73 Å². The highest BCUT2D eigenvalue weighted by Crippen LogP contribution is 2.39. The van der Waals surface area contributed by atoms with E-state index in [0.717, 1.165) is 18.9 Å². The molecule has 144 valence electrons. The fraction of sp³-hybridized carbons (Fsp3) is 0.562. The van der Waals surface area contributed by atoms with Crippen LogP contribution in [0.2, 0.25) is 0 Å². The van der Waals surface area contributed by atoms with Gasteiger partial charge in [-0.05, 0) is 42.9 Å². The number of halogens is 3. The Morgan fingerprint density at radius 2 is 2.00 bits per heavy atom. The van der Waals surface area contributed by atoms with Gasteiger partial charge in [-0.1, -0.05) is 6.07 Å². The molecular formula is C16H20F3N3O3S. The lowest BCUT2D eigenvalue weighted by Crippen LogP contribution is -2.34. The number of carbonyl (C=O) groups excluding carboxylic acids is 1. The lowest BCUT2D eigenvalue weighted by atomic mass is 9.98. The molecule has 26 heavy (non-hydrogen) atoms. The van der Waals surface area contributed by atoms with Crippen molar-refractivity contribution < 1.29 is 26.4 Å². The van der Waals surface area contributed by atoms with Crippen LogP contribution in [-0.2, 0) is 10.0 Å². The van der Waals surface area contributed by atoms with Crippen LogP contribution < -0.4 is 11.1 Å². The quantitative estimate of drug-likeness (QED) is 0.810. The first-order chi connectivity index (χ1) is 12.1. The van der Waals surface area contributed by atoms with E-state index in [1.807, 2.05) is 0 Å². The molecule has 1 heterocycles. The maximum absolute atomic E-state index is 12.8. The van der Waals surface area contributed by atoms with E-state index in [2.05, 4.69) is 0 Å². The molecule has 6 nitrogen and oxygen atoms in total. The highest BCUT2D eigenvalue weighted by atomic mass is 32.2. The molecule has 1 aromatic carbocycles. The number of amides is 1. The number of carbonyl (C=O) groups is 1. The minimum Gasteiger partial charge on any atom is -0.343 e. The number of rotatable bonds is 4. The van der Waals surface area contributed by atoms with Crippen molar-refractivity contribution in [3.05, 3.63) is 29.8 Å². The predicted molar refractivity (Wildman–Crippen MR) is 87.8 cm³/mol. The zero-order valence-electron chi connectivity index (χ0n) is 13.9. The molecule has 3 N–H and O–H groups in total. The predicted octanol–water partition coefficient (Wildman–Crippen LogP) is 1.34. The van der Waals surface area contributed by atoms with E-state index < -0.39 is 28.7 Å². The lowest BCUT2D eigenvalue weighted by molar-refractivity contribution is -0.123. The van der Waals surface area contributed by atoms with Crippen LogP contribution in [0.1, 0.15) is 23.2 Å². The smallest absolute Gasteiger partial charge is 0.343 e. The Morgan fingerprint density at radius 1 is 1.27 bits per heavy atom. The Kier molecular flexibility index (Phi) is 5.02. The number of alkyl halides is 3. The molecule has 3 unspecified atom stereocenters. The van der Waals surface area contributed by atoms with Gasteiger partial charge in [0.15, 0.2) is 0 Å². The van der Waals surface area contributed by atoms with E-state index in [0.29, 0.717) is 13.1 Å². The molecule has 1 aliphatic carbocycles. The summed E-state index contributed by atoms with van der Waals surface area (Å²) in [5, 5.41) is 1.74. The monoisotopic (exact) mass is 391 g/mol. The van der Waals surface area contributed by atoms with Crippen LogP contribution in [0.4, 0.5) is 13.2 Å². The van der Waals surface area contributed by atoms with Gasteiger partial charge in [-0.15, -0.1) is 0 Å². The van der Waals surface area contributed by atoms with E-state index >= 15 is 0 Å². The molecular weight excluding hydrogens is 371 g/mol. The maximum Gasteiger partial charge on any atom is 0.405 e. The number of fused-ring (bicyclic) bond motifs is 1. The fourth-order valence-electron chi connectivity index (χ4n) is 3.69. The molecule has 2 aliphatic rings. The Hall–Kier alpha value is -1.65. The van der Waals surface area contributed by atoms with Crippen molar-refractivity contribution in [2.45, 2.75) is 30.0 Å². The molecule has 10 heteroatoms. The Balaban J connectivity index is 1.76. The SMILES string of the molecule is NC1CCC2CN(S(=O)(=O)c3cccc(C(=O)NCC(F)(F)F)c3)CC12. The lowest BCUT2D eigenvalue weighted by Gasteiger charge is -2.19. The molecule has 1 amide bonds. The van der Waals surface area contributed by atoms with Gasteiger partial charge in [-0.2, -0.15) is 17.5 Å². The third-order valence-electron chi connectivity index (χ3n) is 5.06. The van der Waals surface area contributed by atoms with Gasteiger partial charge in [0.05, 0.1) is 4.90 Å². The van der Waals surface area contributed by atoms with Crippen LogP contribution in [0.5, 0.6) is 0 Å². The molecule has 1 saturated carbocycles. The van der Waals surface area contributed by atoms with Gasteiger partial charge in [0.2, 0.25) is 10.0 Å². The van der Waals surface area contributed by atoms with Crippen LogP contribution in [0, 0.1) is 11.8 Å². The average molecular weight is 391 g/mol. The van der Waals surface area contributed by atoms with Crippen molar-refractivity contribution in [3.8, 4) is 0 Å². The van der Waals surface area contributed by atoms with Crippen molar-refractivity contribution in [1.82, 2.24) is 9.62 Å². The third kappa shape index (κ3) is 3.86. The number of nitrogens with zero attached hydrogens (tertiary/aromatic N) is 1. The normalized spacial score (nSPS) is 26.7. The summed E-state index contributed by atoms with van der Waals surface area (Å²) >= 11 is 0. The van der Waals surface area contributed by atoms with E-state index in [1.54, 1.807) is 5.32 Å². The summed E-state index contributed by atoms with van der Waals surface area (Å²) in [7, 11) is -3.83. The van der Waals surface area contributed by atoms with Gasteiger partial charge in [0.25, 0.3) is 5.91 Å². The number of benzene rings is 1. The first-order valence-electron chi connectivity index (χ1n) is 8.29. The molecule has 1 aromatic rings. The van der Waals surface area contributed by atoms with Crippen LogP contribution in [-0.4, -0.2) is 50.5 Å². The van der Waals surface area contributed by atoms with Crippen LogP contribution in [0.3, 0.4) is 0 Å². The third-order valence-corrected chi connectivity index (χ3v) is 6.89. The zero-order chi connectivity index (χ0) is 19.1. The summed E-state index contributed by atoms with van der Waals surface area (Å²) in [5.41, 5.74) is 5.90. The zero-order valence-corrected chi connectivity index (χ0v) is 14.7. The second-order valence-electron chi connectivity index (χ2n) is 6.81. The minimum atomic E-state index is -4.54. The van der Waals surface area contributed by atoms with E-state index in [1.165, 1.54) is 22.5 Å². The number of nitrogens with two attached hydrogens (primary N) is 1. The maximum atomic E-state index is 12.8. The summed E-state index contributed by atoms with van der Waals surface area (Å²) in [5.74, 6) is -0.610. The fourth-order valence-corrected chi connectivity index (χ4v) is 5.27. The molecule has 1 saturated heterocycles. The van der Waals surface area contributed by atoms with E-state index in [9.17, 15) is 26.4 Å². The second-order valence-corrected chi connectivity index (χ2v) is 8.75. The summed E-state index contributed by atoms with van der Waals surface area (Å²) in [4.78, 5) is 11.8. The molecule has 1 aliphatic heterocycles.